The number of nitrogens with two attached hydrogens (primary N) is 1. The van der Waals surface area contributed by atoms with Gasteiger partial charge in [-0.15, -0.1) is 0 Å². The van der Waals surface area contributed by atoms with Gasteiger partial charge in [-0.3, -0.25) is 0 Å². The first-order valence-corrected chi connectivity index (χ1v) is 4.68. The highest BCUT2D eigenvalue weighted by molar-refractivity contribution is 5.62. The van der Waals surface area contributed by atoms with Gasteiger partial charge in [0.1, 0.15) is 0 Å². The minimum Gasteiger partial charge on any atom is -0.307 e. The highest BCUT2D eigenvalue weighted by Gasteiger charge is 2.40. The average molecular weight is 176 g/mol. The van der Waals surface area contributed by atoms with Gasteiger partial charge in [0.2, 0.25) is 0 Å². The van der Waals surface area contributed by atoms with E-state index in [4.69, 9.17) is 5.84 Å². The van der Waals surface area contributed by atoms with Gasteiger partial charge in [-0.1, -0.05) is 32.0 Å². The van der Waals surface area contributed by atoms with Gasteiger partial charge < -0.3 is 5.01 Å². The number of fused-ring (bicyclic) bond motifs is 1. The maximum atomic E-state index is 6.00. The highest BCUT2D eigenvalue weighted by atomic mass is 15.4. The van der Waals surface area contributed by atoms with Crippen LogP contribution in [0, 0.1) is 0 Å². The first-order chi connectivity index (χ1) is 6.05. The molecule has 1 atom stereocenters. The van der Waals surface area contributed by atoms with E-state index in [0.29, 0.717) is 6.04 Å². The molecule has 13 heavy (non-hydrogen) atoms. The Hall–Kier alpha value is -1.02. The van der Waals surface area contributed by atoms with Crippen molar-refractivity contribution in [3.63, 3.8) is 0 Å². The molecule has 1 aliphatic heterocycles. The Morgan fingerprint density at radius 1 is 1.31 bits per heavy atom. The Morgan fingerprint density at radius 2 is 1.92 bits per heavy atom. The molecule has 1 heterocycles. The molecule has 1 unspecified atom stereocenters. The van der Waals surface area contributed by atoms with Crippen molar-refractivity contribution < 1.29 is 0 Å². The summed E-state index contributed by atoms with van der Waals surface area (Å²) in [5.74, 6) is 6.00. The van der Waals surface area contributed by atoms with Crippen LogP contribution in [0.25, 0.3) is 0 Å². The van der Waals surface area contributed by atoms with Gasteiger partial charge in [-0.05, 0) is 18.6 Å². The molecule has 1 aromatic rings. The third-order valence-electron chi connectivity index (χ3n) is 3.34. The molecule has 2 N–H and O–H groups in total. The van der Waals surface area contributed by atoms with Crippen LogP contribution >= 0.6 is 0 Å². The first kappa shape index (κ1) is 8.57. The largest absolute Gasteiger partial charge is 0.307 e. The number of para-hydroxylation sites is 1. The fourth-order valence-corrected chi connectivity index (χ4v) is 2.03. The van der Waals surface area contributed by atoms with E-state index < -0.39 is 0 Å². The van der Waals surface area contributed by atoms with Gasteiger partial charge in [0, 0.05) is 5.41 Å². The number of rotatable bonds is 0. The molecule has 0 radical (unpaired) electrons. The minimum absolute atomic E-state index is 0.158. The molecule has 1 aromatic carbocycles. The molecule has 0 amide bonds. The van der Waals surface area contributed by atoms with E-state index in [1.165, 1.54) is 11.3 Å². The molecule has 2 rings (SSSR count). The summed E-state index contributed by atoms with van der Waals surface area (Å²) in [6.07, 6.45) is 0. The van der Waals surface area contributed by atoms with Gasteiger partial charge in [0.05, 0.1) is 11.7 Å². The lowest BCUT2D eigenvalue weighted by Crippen LogP contribution is -2.43. The molecular formula is C11H16N2. The summed E-state index contributed by atoms with van der Waals surface area (Å²) in [6.45, 7) is 6.65. The van der Waals surface area contributed by atoms with E-state index >= 15 is 0 Å². The fourth-order valence-electron chi connectivity index (χ4n) is 2.03. The number of benzene rings is 1. The van der Waals surface area contributed by atoms with Gasteiger partial charge >= 0.3 is 0 Å². The van der Waals surface area contributed by atoms with Crippen LogP contribution in [0.15, 0.2) is 24.3 Å². The highest BCUT2D eigenvalue weighted by Crippen LogP contribution is 2.42. The molecule has 0 spiro atoms. The first-order valence-electron chi connectivity index (χ1n) is 4.68. The van der Waals surface area contributed by atoms with E-state index in [1.54, 1.807) is 0 Å². The molecule has 70 valence electrons. The summed E-state index contributed by atoms with van der Waals surface area (Å²) in [7, 11) is 0. The van der Waals surface area contributed by atoms with Gasteiger partial charge in [-0.2, -0.15) is 0 Å². The smallest absolute Gasteiger partial charge is 0.0558 e. The molecule has 2 nitrogen and oxygen atoms in total. The van der Waals surface area contributed by atoms with Crippen LogP contribution in [-0.2, 0) is 5.41 Å². The molecule has 1 aliphatic rings. The van der Waals surface area contributed by atoms with Crippen molar-refractivity contribution in [3.8, 4) is 0 Å². The van der Waals surface area contributed by atoms with Crippen molar-refractivity contribution in [1.82, 2.24) is 0 Å². The molecule has 0 aromatic heterocycles. The number of hydrogen-bond donors (Lipinski definition) is 1. The minimum atomic E-state index is 0.158. The Kier molecular flexibility index (Phi) is 1.64. The van der Waals surface area contributed by atoms with Crippen LogP contribution in [0.5, 0.6) is 0 Å². The number of nitrogens with zero attached hydrogens (tertiary/aromatic N) is 1. The summed E-state index contributed by atoms with van der Waals surface area (Å²) < 4.78 is 0. The zero-order valence-electron chi connectivity index (χ0n) is 8.41. The van der Waals surface area contributed by atoms with Crippen molar-refractivity contribution in [2.24, 2.45) is 5.84 Å². The Bertz CT molecular complexity index is 331. The second-order valence-electron chi connectivity index (χ2n) is 4.32. The van der Waals surface area contributed by atoms with Gasteiger partial charge in [-0.25, -0.2) is 5.84 Å². The molecule has 2 heteroatoms. The third-order valence-corrected chi connectivity index (χ3v) is 3.34. The van der Waals surface area contributed by atoms with Crippen LogP contribution < -0.4 is 10.9 Å². The predicted molar refractivity (Wildman–Crippen MR) is 55.6 cm³/mol. The van der Waals surface area contributed by atoms with Crippen LogP contribution in [0.1, 0.15) is 26.3 Å². The summed E-state index contributed by atoms with van der Waals surface area (Å²) in [6, 6.07) is 8.73. The van der Waals surface area contributed by atoms with Crippen LogP contribution in [0.2, 0.25) is 0 Å². The lowest BCUT2D eigenvalue weighted by Gasteiger charge is -2.27. The zero-order chi connectivity index (χ0) is 9.64. The quantitative estimate of drug-likeness (QED) is 0.613. The molecule has 0 aliphatic carbocycles. The monoisotopic (exact) mass is 176 g/mol. The molecule has 0 fully saturated rings. The normalized spacial score (nSPS) is 24.6. The van der Waals surface area contributed by atoms with E-state index in [9.17, 15) is 0 Å². The maximum absolute atomic E-state index is 6.00. The predicted octanol–water partition coefficient (Wildman–Crippen LogP) is 2.05. The van der Waals surface area contributed by atoms with Crippen molar-refractivity contribution in [1.29, 1.82) is 0 Å². The Morgan fingerprint density at radius 3 is 2.54 bits per heavy atom. The third kappa shape index (κ3) is 0.985. The summed E-state index contributed by atoms with van der Waals surface area (Å²) >= 11 is 0. The maximum Gasteiger partial charge on any atom is 0.0558 e. The molecule has 0 saturated carbocycles. The molecular weight excluding hydrogens is 160 g/mol. The fraction of sp³-hybridized carbons (Fsp3) is 0.455. The SMILES string of the molecule is CC1N(N)c2ccccc2C1(C)C. The van der Waals surface area contributed by atoms with Crippen molar-refractivity contribution in [2.45, 2.75) is 32.2 Å². The van der Waals surface area contributed by atoms with E-state index in [2.05, 4.69) is 39.0 Å². The average Bonchev–Trinajstić information content (AvgIpc) is 2.30. The number of anilines is 1. The van der Waals surface area contributed by atoms with Gasteiger partial charge in [0.25, 0.3) is 0 Å². The van der Waals surface area contributed by atoms with Crippen molar-refractivity contribution in [2.75, 3.05) is 5.01 Å². The Balaban J connectivity index is 2.61. The standard InChI is InChI=1S/C11H16N2/c1-8-11(2,3)9-6-4-5-7-10(9)13(8)12/h4-8H,12H2,1-3H3. The lowest BCUT2D eigenvalue weighted by molar-refractivity contribution is 0.445. The Labute approximate surface area is 79.3 Å². The van der Waals surface area contributed by atoms with E-state index in [-0.39, 0.29) is 5.41 Å². The zero-order valence-corrected chi connectivity index (χ0v) is 8.41. The van der Waals surface area contributed by atoms with Crippen LogP contribution in [0.4, 0.5) is 5.69 Å². The topological polar surface area (TPSA) is 29.3 Å². The summed E-state index contributed by atoms with van der Waals surface area (Å²) in [5, 5.41) is 1.87. The number of hydrazine groups is 1. The van der Waals surface area contributed by atoms with Crippen molar-refractivity contribution >= 4 is 5.69 Å². The van der Waals surface area contributed by atoms with Crippen LogP contribution in [0.3, 0.4) is 0 Å². The van der Waals surface area contributed by atoms with Crippen molar-refractivity contribution in [3.05, 3.63) is 29.8 Å². The second-order valence-corrected chi connectivity index (χ2v) is 4.32. The van der Waals surface area contributed by atoms with Crippen LogP contribution in [-0.4, -0.2) is 6.04 Å². The van der Waals surface area contributed by atoms with E-state index in [0.717, 1.165) is 0 Å². The van der Waals surface area contributed by atoms with E-state index in [1.807, 2.05) is 11.1 Å². The van der Waals surface area contributed by atoms with Gasteiger partial charge in [0.15, 0.2) is 0 Å². The summed E-state index contributed by atoms with van der Waals surface area (Å²) in [4.78, 5) is 0. The number of hydrogen-bond acceptors (Lipinski definition) is 2. The second kappa shape index (κ2) is 2.48. The lowest BCUT2D eigenvalue weighted by atomic mass is 9.81. The molecule has 0 bridgehead atoms. The summed E-state index contributed by atoms with van der Waals surface area (Å²) in [5.41, 5.74) is 2.68. The molecule has 0 saturated heterocycles.